The SMILES string of the molecule is CCc1cccc(NS(=O)(=O)N2CCCC(CNC)C2)c1. The first-order valence-electron chi connectivity index (χ1n) is 7.56. The number of nitrogens with zero attached hydrogens (tertiary/aromatic N) is 1. The number of hydrogen-bond acceptors (Lipinski definition) is 3. The molecule has 1 aromatic carbocycles. The summed E-state index contributed by atoms with van der Waals surface area (Å²) in [6.45, 7) is 4.10. The molecule has 0 aromatic heterocycles. The second kappa shape index (κ2) is 7.24. The van der Waals surface area contributed by atoms with Crippen molar-refractivity contribution in [1.82, 2.24) is 9.62 Å². The maximum atomic E-state index is 12.5. The van der Waals surface area contributed by atoms with E-state index in [1.807, 2.05) is 25.2 Å². The fourth-order valence-corrected chi connectivity index (χ4v) is 4.10. The number of hydrogen-bond donors (Lipinski definition) is 2. The van der Waals surface area contributed by atoms with Gasteiger partial charge in [0.1, 0.15) is 0 Å². The van der Waals surface area contributed by atoms with Crippen molar-refractivity contribution in [2.45, 2.75) is 26.2 Å². The van der Waals surface area contributed by atoms with Crippen LogP contribution in [-0.4, -0.2) is 39.4 Å². The summed E-state index contributed by atoms with van der Waals surface area (Å²) >= 11 is 0. The van der Waals surface area contributed by atoms with Crippen molar-refractivity contribution >= 4 is 15.9 Å². The van der Waals surface area contributed by atoms with E-state index < -0.39 is 10.2 Å². The molecule has 118 valence electrons. The van der Waals surface area contributed by atoms with Gasteiger partial charge in [-0.3, -0.25) is 4.72 Å². The highest BCUT2D eigenvalue weighted by atomic mass is 32.2. The molecule has 1 atom stereocenters. The highest BCUT2D eigenvalue weighted by Crippen LogP contribution is 2.21. The van der Waals surface area contributed by atoms with E-state index in [4.69, 9.17) is 0 Å². The number of rotatable bonds is 6. The highest BCUT2D eigenvalue weighted by Gasteiger charge is 2.28. The fourth-order valence-electron chi connectivity index (χ4n) is 2.77. The van der Waals surface area contributed by atoms with Gasteiger partial charge in [-0.05, 0) is 56.5 Å². The highest BCUT2D eigenvalue weighted by molar-refractivity contribution is 7.90. The summed E-state index contributed by atoms with van der Waals surface area (Å²) in [5.74, 6) is 0.391. The molecule has 6 heteroatoms. The standard InChI is InChI=1S/C15H25N3O2S/c1-3-13-6-4-8-15(10-13)17-21(19,20)18-9-5-7-14(12-18)11-16-2/h4,6,8,10,14,16-17H,3,5,7,9,11-12H2,1-2H3. The van der Waals surface area contributed by atoms with Gasteiger partial charge in [0, 0.05) is 13.1 Å². The molecular weight excluding hydrogens is 286 g/mol. The van der Waals surface area contributed by atoms with Crippen LogP contribution in [0.5, 0.6) is 0 Å². The second-order valence-electron chi connectivity index (χ2n) is 5.58. The Bertz CT molecular complexity index is 558. The van der Waals surface area contributed by atoms with Gasteiger partial charge in [-0.15, -0.1) is 0 Å². The van der Waals surface area contributed by atoms with Crippen LogP contribution in [0.25, 0.3) is 0 Å². The third kappa shape index (κ3) is 4.43. The van der Waals surface area contributed by atoms with Gasteiger partial charge in [0.15, 0.2) is 0 Å². The predicted octanol–water partition coefficient (Wildman–Crippen LogP) is 1.84. The van der Waals surface area contributed by atoms with Crippen LogP contribution in [0.2, 0.25) is 0 Å². The predicted molar refractivity (Wildman–Crippen MR) is 86.6 cm³/mol. The summed E-state index contributed by atoms with van der Waals surface area (Å²) in [6.07, 6.45) is 2.89. The van der Waals surface area contributed by atoms with E-state index in [1.165, 1.54) is 0 Å². The van der Waals surface area contributed by atoms with E-state index in [2.05, 4.69) is 17.0 Å². The molecule has 0 radical (unpaired) electrons. The summed E-state index contributed by atoms with van der Waals surface area (Å²) < 4.78 is 29.3. The normalized spacial score (nSPS) is 20.4. The zero-order valence-corrected chi connectivity index (χ0v) is 13.6. The van der Waals surface area contributed by atoms with Gasteiger partial charge in [0.05, 0.1) is 5.69 Å². The lowest BCUT2D eigenvalue weighted by atomic mass is 10.00. The van der Waals surface area contributed by atoms with Crippen LogP contribution in [0.15, 0.2) is 24.3 Å². The molecule has 1 aliphatic rings. The molecule has 0 bridgehead atoms. The van der Waals surface area contributed by atoms with E-state index in [0.29, 0.717) is 24.7 Å². The van der Waals surface area contributed by atoms with Crippen molar-refractivity contribution < 1.29 is 8.42 Å². The van der Waals surface area contributed by atoms with Crippen LogP contribution in [0, 0.1) is 5.92 Å². The van der Waals surface area contributed by atoms with Crippen molar-refractivity contribution in [1.29, 1.82) is 0 Å². The third-order valence-corrected chi connectivity index (χ3v) is 5.40. The Morgan fingerprint density at radius 3 is 2.90 bits per heavy atom. The van der Waals surface area contributed by atoms with Crippen LogP contribution in [0.4, 0.5) is 5.69 Å². The van der Waals surface area contributed by atoms with Crippen molar-refractivity contribution in [2.75, 3.05) is 31.4 Å². The van der Waals surface area contributed by atoms with Gasteiger partial charge in [-0.2, -0.15) is 12.7 Å². The topological polar surface area (TPSA) is 61.4 Å². The molecule has 0 amide bonds. The van der Waals surface area contributed by atoms with Crippen molar-refractivity contribution in [2.24, 2.45) is 5.92 Å². The zero-order chi connectivity index (χ0) is 15.3. The van der Waals surface area contributed by atoms with Crippen molar-refractivity contribution in [3.63, 3.8) is 0 Å². The van der Waals surface area contributed by atoms with Crippen molar-refractivity contribution in [3.05, 3.63) is 29.8 Å². The first-order chi connectivity index (χ1) is 10.0. The van der Waals surface area contributed by atoms with E-state index in [0.717, 1.165) is 31.4 Å². The summed E-state index contributed by atoms with van der Waals surface area (Å²) in [6, 6.07) is 7.58. The molecule has 1 fully saturated rings. The van der Waals surface area contributed by atoms with Crippen LogP contribution in [-0.2, 0) is 16.6 Å². The van der Waals surface area contributed by atoms with E-state index in [-0.39, 0.29) is 0 Å². The van der Waals surface area contributed by atoms with E-state index in [1.54, 1.807) is 10.4 Å². The Morgan fingerprint density at radius 2 is 2.19 bits per heavy atom. The molecule has 1 heterocycles. The molecule has 21 heavy (non-hydrogen) atoms. The van der Waals surface area contributed by atoms with E-state index in [9.17, 15) is 8.42 Å². The quantitative estimate of drug-likeness (QED) is 0.842. The van der Waals surface area contributed by atoms with Crippen LogP contribution in [0.1, 0.15) is 25.3 Å². The Morgan fingerprint density at radius 1 is 1.38 bits per heavy atom. The summed E-state index contributed by atoms with van der Waals surface area (Å²) in [5, 5.41) is 3.13. The molecule has 1 aromatic rings. The zero-order valence-electron chi connectivity index (χ0n) is 12.8. The number of aryl methyl sites for hydroxylation is 1. The Hall–Kier alpha value is -1.11. The summed E-state index contributed by atoms with van der Waals surface area (Å²) in [4.78, 5) is 0. The second-order valence-corrected chi connectivity index (χ2v) is 7.26. The van der Waals surface area contributed by atoms with E-state index >= 15 is 0 Å². The molecule has 2 rings (SSSR count). The molecule has 2 N–H and O–H groups in total. The van der Waals surface area contributed by atoms with Crippen molar-refractivity contribution in [3.8, 4) is 0 Å². The van der Waals surface area contributed by atoms with Gasteiger partial charge in [0.2, 0.25) is 0 Å². The summed E-state index contributed by atoms with van der Waals surface area (Å²) in [7, 11) is -1.55. The van der Waals surface area contributed by atoms with Crippen LogP contribution < -0.4 is 10.0 Å². The third-order valence-electron chi connectivity index (χ3n) is 3.90. The van der Waals surface area contributed by atoms with Crippen LogP contribution >= 0.6 is 0 Å². The van der Waals surface area contributed by atoms with Gasteiger partial charge < -0.3 is 5.32 Å². The molecule has 0 spiro atoms. The number of anilines is 1. The Balaban J connectivity index is 2.06. The minimum absolute atomic E-state index is 0.391. The monoisotopic (exact) mass is 311 g/mol. The maximum absolute atomic E-state index is 12.5. The lowest BCUT2D eigenvalue weighted by Gasteiger charge is -2.31. The first kappa shape index (κ1) is 16.3. The minimum atomic E-state index is -3.46. The smallest absolute Gasteiger partial charge is 0.301 e. The van der Waals surface area contributed by atoms with Gasteiger partial charge in [0.25, 0.3) is 0 Å². The first-order valence-corrected chi connectivity index (χ1v) is 9.00. The molecule has 1 unspecified atom stereocenters. The number of piperidine rings is 1. The molecule has 1 saturated heterocycles. The minimum Gasteiger partial charge on any atom is -0.319 e. The average Bonchev–Trinajstić information content (AvgIpc) is 2.48. The Kier molecular flexibility index (Phi) is 5.61. The number of nitrogens with one attached hydrogen (secondary N) is 2. The summed E-state index contributed by atoms with van der Waals surface area (Å²) in [5.41, 5.74) is 1.77. The Labute approximate surface area is 127 Å². The largest absolute Gasteiger partial charge is 0.319 e. The average molecular weight is 311 g/mol. The van der Waals surface area contributed by atoms with Gasteiger partial charge in [-0.25, -0.2) is 0 Å². The molecular formula is C15H25N3O2S. The lowest BCUT2D eigenvalue weighted by Crippen LogP contribution is -2.44. The maximum Gasteiger partial charge on any atom is 0.301 e. The molecule has 5 nitrogen and oxygen atoms in total. The number of benzene rings is 1. The van der Waals surface area contributed by atoms with Crippen LogP contribution in [0.3, 0.4) is 0 Å². The molecule has 0 aliphatic carbocycles. The van der Waals surface area contributed by atoms with Gasteiger partial charge >= 0.3 is 10.2 Å². The fraction of sp³-hybridized carbons (Fsp3) is 0.600. The molecule has 1 aliphatic heterocycles. The molecule has 0 saturated carbocycles. The lowest BCUT2D eigenvalue weighted by molar-refractivity contribution is 0.264. The van der Waals surface area contributed by atoms with Gasteiger partial charge in [-0.1, -0.05) is 19.1 Å².